The molecule has 1 fully saturated rings. The van der Waals surface area contributed by atoms with Crippen LogP contribution in [0, 0.1) is 0 Å². The van der Waals surface area contributed by atoms with Gasteiger partial charge in [-0.3, -0.25) is 0 Å². The Morgan fingerprint density at radius 2 is 2.19 bits per heavy atom. The number of halogens is 2. The predicted octanol–water partition coefficient (Wildman–Crippen LogP) is 4.11. The van der Waals surface area contributed by atoms with Gasteiger partial charge < -0.3 is 9.64 Å². The summed E-state index contributed by atoms with van der Waals surface area (Å²) < 4.78 is 4.90. The van der Waals surface area contributed by atoms with Crippen LogP contribution in [-0.2, 0) is 11.2 Å². The maximum absolute atomic E-state index is 11.4. The smallest absolute Gasteiger partial charge is 0.409 e. The highest BCUT2D eigenvalue weighted by Crippen LogP contribution is 2.29. The first-order valence-corrected chi connectivity index (χ1v) is 8.08. The van der Waals surface area contributed by atoms with Gasteiger partial charge in [0.05, 0.1) is 27.3 Å². The van der Waals surface area contributed by atoms with Crippen LogP contribution in [0.25, 0.3) is 11.3 Å². The molecule has 3 rings (SSSR count). The van der Waals surface area contributed by atoms with Crippen molar-refractivity contribution in [3.8, 4) is 11.3 Å². The highest BCUT2D eigenvalue weighted by atomic mass is 35.5. The summed E-state index contributed by atoms with van der Waals surface area (Å²) in [6, 6.07) is 5.46. The lowest BCUT2D eigenvalue weighted by atomic mass is 10.2. The Hall–Kier alpha value is -1.30. The second kappa shape index (κ2) is 6.22. The average Bonchev–Trinajstić information content (AvgIpc) is 3.09. The lowest BCUT2D eigenvalue weighted by Crippen LogP contribution is -2.26. The minimum absolute atomic E-state index is 0.240. The van der Waals surface area contributed by atoms with E-state index in [2.05, 4.69) is 4.98 Å². The molecule has 0 atom stereocenters. The van der Waals surface area contributed by atoms with E-state index in [1.807, 2.05) is 11.4 Å². The van der Waals surface area contributed by atoms with E-state index in [0.29, 0.717) is 29.7 Å². The van der Waals surface area contributed by atoms with Crippen molar-refractivity contribution in [1.29, 1.82) is 0 Å². The molecule has 0 spiro atoms. The van der Waals surface area contributed by atoms with E-state index >= 15 is 0 Å². The molecule has 0 N–H and O–H groups in total. The largest absolute Gasteiger partial charge is 0.448 e. The Bertz CT molecular complexity index is 675. The maximum Gasteiger partial charge on any atom is 0.409 e. The van der Waals surface area contributed by atoms with Crippen molar-refractivity contribution in [2.45, 2.75) is 6.42 Å². The number of hydrogen-bond donors (Lipinski definition) is 0. The molecule has 4 nitrogen and oxygen atoms in total. The highest BCUT2D eigenvalue weighted by Gasteiger charge is 2.21. The Morgan fingerprint density at radius 1 is 1.33 bits per heavy atom. The topological polar surface area (TPSA) is 42.4 Å². The molecule has 21 heavy (non-hydrogen) atoms. The SMILES string of the molecule is O=C1OCCN1CCc1nc(-c2ccc(Cl)c(Cl)c2)cs1. The number of benzene rings is 1. The Balaban J connectivity index is 1.68. The Kier molecular flexibility index (Phi) is 4.33. The van der Waals surface area contributed by atoms with Crippen LogP contribution in [0.5, 0.6) is 0 Å². The number of carbonyl (C=O) groups excluding carboxylic acids is 1. The molecule has 0 saturated carbocycles. The molecular formula is C14H12Cl2N2O2S. The standard InChI is InChI=1S/C14H12Cl2N2O2S/c15-10-2-1-9(7-11(10)16)12-8-21-13(17-12)3-4-18-5-6-20-14(18)19/h1-2,7-8H,3-6H2. The zero-order valence-corrected chi connectivity index (χ0v) is 13.3. The quantitative estimate of drug-likeness (QED) is 0.839. The fourth-order valence-electron chi connectivity index (χ4n) is 2.07. The fourth-order valence-corrected chi connectivity index (χ4v) is 3.17. The minimum atomic E-state index is -0.240. The van der Waals surface area contributed by atoms with Crippen LogP contribution >= 0.6 is 34.5 Å². The van der Waals surface area contributed by atoms with Crippen molar-refractivity contribution >= 4 is 40.6 Å². The van der Waals surface area contributed by atoms with E-state index in [4.69, 9.17) is 27.9 Å². The van der Waals surface area contributed by atoms with E-state index in [9.17, 15) is 4.79 Å². The molecule has 1 aliphatic rings. The van der Waals surface area contributed by atoms with Gasteiger partial charge in [-0.2, -0.15) is 0 Å². The van der Waals surface area contributed by atoms with Crippen LogP contribution in [0.4, 0.5) is 4.79 Å². The zero-order chi connectivity index (χ0) is 14.8. The fraction of sp³-hybridized carbons (Fsp3) is 0.286. The number of rotatable bonds is 4. The Morgan fingerprint density at radius 3 is 2.90 bits per heavy atom. The minimum Gasteiger partial charge on any atom is -0.448 e. The van der Waals surface area contributed by atoms with Gasteiger partial charge in [0.15, 0.2) is 0 Å². The molecule has 1 saturated heterocycles. The normalized spacial score (nSPS) is 14.6. The second-order valence-electron chi connectivity index (χ2n) is 4.61. The van der Waals surface area contributed by atoms with E-state index in [1.54, 1.807) is 28.4 Å². The van der Waals surface area contributed by atoms with Crippen LogP contribution in [0.1, 0.15) is 5.01 Å². The van der Waals surface area contributed by atoms with Gasteiger partial charge in [-0.15, -0.1) is 11.3 Å². The molecule has 1 aromatic heterocycles. The molecule has 0 unspecified atom stereocenters. The van der Waals surface area contributed by atoms with Gasteiger partial charge in [0.2, 0.25) is 0 Å². The summed E-state index contributed by atoms with van der Waals surface area (Å²) >= 11 is 13.5. The van der Waals surface area contributed by atoms with Crippen LogP contribution in [-0.4, -0.2) is 35.7 Å². The van der Waals surface area contributed by atoms with Crippen LogP contribution in [0.3, 0.4) is 0 Å². The summed E-state index contributed by atoms with van der Waals surface area (Å²) in [6.45, 7) is 1.77. The van der Waals surface area contributed by atoms with E-state index in [1.165, 1.54) is 0 Å². The first-order valence-electron chi connectivity index (χ1n) is 6.45. The lowest BCUT2D eigenvalue weighted by molar-refractivity contribution is 0.159. The van der Waals surface area contributed by atoms with Crippen molar-refractivity contribution in [2.24, 2.45) is 0 Å². The number of thiazole rings is 1. The molecule has 1 amide bonds. The summed E-state index contributed by atoms with van der Waals surface area (Å²) in [7, 11) is 0. The summed E-state index contributed by atoms with van der Waals surface area (Å²) in [5.74, 6) is 0. The van der Waals surface area contributed by atoms with Crippen LogP contribution in [0.15, 0.2) is 23.6 Å². The zero-order valence-electron chi connectivity index (χ0n) is 11.0. The van der Waals surface area contributed by atoms with Gasteiger partial charge in [0, 0.05) is 23.9 Å². The third kappa shape index (κ3) is 3.31. The van der Waals surface area contributed by atoms with Gasteiger partial charge in [-0.1, -0.05) is 29.3 Å². The van der Waals surface area contributed by atoms with Gasteiger partial charge in [-0.25, -0.2) is 9.78 Å². The number of amides is 1. The summed E-state index contributed by atoms with van der Waals surface area (Å²) in [6.07, 6.45) is 0.484. The van der Waals surface area contributed by atoms with Crippen molar-refractivity contribution < 1.29 is 9.53 Å². The van der Waals surface area contributed by atoms with Gasteiger partial charge in [0.25, 0.3) is 0 Å². The van der Waals surface area contributed by atoms with Crippen LogP contribution < -0.4 is 0 Å². The molecule has 110 valence electrons. The molecular weight excluding hydrogens is 331 g/mol. The van der Waals surface area contributed by atoms with Crippen LogP contribution in [0.2, 0.25) is 10.0 Å². The van der Waals surface area contributed by atoms with E-state index < -0.39 is 0 Å². The first-order chi connectivity index (χ1) is 10.1. The third-order valence-corrected chi connectivity index (χ3v) is 4.86. The number of ether oxygens (including phenoxy) is 1. The number of carbonyl (C=O) groups is 1. The molecule has 1 aliphatic heterocycles. The second-order valence-corrected chi connectivity index (χ2v) is 6.36. The summed E-state index contributed by atoms with van der Waals surface area (Å²) in [5, 5.41) is 4.01. The molecule has 0 bridgehead atoms. The van der Waals surface area contributed by atoms with Gasteiger partial charge >= 0.3 is 6.09 Å². The summed E-state index contributed by atoms with van der Waals surface area (Å²) in [5.41, 5.74) is 1.81. The molecule has 0 aliphatic carbocycles. The van der Waals surface area contributed by atoms with Gasteiger partial charge in [0.1, 0.15) is 6.61 Å². The molecule has 0 radical (unpaired) electrons. The third-order valence-electron chi connectivity index (χ3n) is 3.21. The number of aromatic nitrogens is 1. The number of nitrogens with zero attached hydrogens (tertiary/aromatic N) is 2. The number of cyclic esters (lactones) is 1. The number of hydrogen-bond acceptors (Lipinski definition) is 4. The van der Waals surface area contributed by atoms with E-state index in [0.717, 1.165) is 22.7 Å². The maximum atomic E-state index is 11.4. The van der Waals surface area contributed by atoms with Crippen molar-refractivity contribution in [3.63, 3.8) is 0 Å². The summed E-state index contributed by atoms with van der Waals surface area (Å²) in [4.78, 5) is 17.6. The van der Waals surface area contributed by atoms with Gasteiger partial charge in [-0.05, 0) is 12.1 Å². The molecule has 2 heterocycles. The first kappa shape index (κ1) is 14.6. The average molecular weight is 343 g/mol. The molecule has 1 aromatic carbocycles. The van der Waals surface area contributed by atoms with Crippen molar-refractivity contribution in [3.05, 3.63) is 38.6 Å². The van der Waals surface area contributed by atoms with Crippen molar-refractivity contribution in [1.82, 2.24) is 9.88 Å². The highest BCUT2D eigenvalue weighted by molar-refractivity contribution is 7.09. The van der Waals surface area contributed by atoms with E-state index in [-0.39, 0.29) is 6.09 Å². The lowest BCUT2D eigenvalue weighted by Gasteiger charge is -2.10. The molecule has 2 aromatic rings. The predicted molar refractivity (Wildman–Crippen MR) is 84.2 cm³/mol. The van der Waals surface area contributed by atoms with Crippen molar-refractivity contribution in [2.75, 3.05) is 19.7 Å². The molecule has 7 heteroatoms. The Labute approximate surface area is 136 Å². The monoisotopic (exact) mass is 342 g/mol.